The summed E-state index contributed by atoms with van der Waals surface area (Å²) in [7, 11) is 0. The van der Waals surface area contributed by atoms with E-state index in [0.29, 0.717) is 17.5 Å². The first kappa shape index (κ1) is 28.2. The molecule has 51 heavy (non-hydrogen) atoms. The molecule has 0 saturated carbocycles. The van der Waals surface area contributed by atoms with Crippen LogP contribution in [0.25, 0.3) is 109 Å². The Bertz CT molecular complexity index is 3160. The van der Waals surface area contributed by atoms with E-state index in [2.05, 4.69) is 78.9 Å². The van der Waals surface area contributed by atoms with E-state index in [1.165, 1.54) is 25.7 Å². The van der Waals surface area contributed by atoms with Crippen molar-refractivity contribution in [3.63, 3.8) is 0 Å². The monoisotopic (exact) mass is 671 g/mol. The molecule has 0 bridgehead atoms. The fraction of sp³-hybridized carbons (Fsp3) is 0. The van der Waals surface area contributed by atoms with Gasteiger partial charge < -0.3 is 8.83 Å². The number of para-hydroxylation sites is 2. The number of nitrogens with zero attached hydrogens (tertiary/aromatic N) is 3. The van der Waals surface area contributed by atoms with Crippen LogP contribution in [0, 0.1) is 0 Å². The lowest BCUT2D eigenvalue weighted by Gasteiger charge is -2.11. The minimum atomic E-state index is 0.547. The fourth-order valence-electron chi connectivity index (χ4n) is 7.43. The molecule has 0 N–H and O–H groups in total. The van der Waals surface area contributed by atoms with Crippen LogP contribution in [0.4, 0.5) is 0 Å². The Balaban J connectivity index is 1.18. The summed E-state index contributed by atoms with van der Waals surface area (Å²) in [6, 6.07) is 52.1. The Morgan fingerprint density at radius 2 is 1.00 bits per heavy atom. The summed E-state index contributed by atoms with van der Waals surface area (Å²) in [5.41, 5.74) is 8.13. The normalized spacial score (nSPS) is 11.9. The van der Waals surface area contributed by atoms with E-state index in [-0.39, 0.29) is 0 Å². The molecule has 0 unspecified atom stereocenters. The lowest BCUT2D eigenvalue weighted by molar-refractivity contribution is 0.669. The highest BCUT2D eigenvalue weighted by Gasteiger charge is 2.22. The zero-order valence-electron chi connectivity index (χ0n) is 27.0. The lowest BCUT2D eigenvalue weighted by Crippen LogP contribution is -2.00. The summed E-state index contributed by atoms with van der Waals surface area (Å²) < 4.78 is 15.4. The predicted octanol–water partition coefficient (Wildman–Crippen LogP) is 12.7. The summed E-state index contributed by atoms with van der Waals surface area (Å²) in [4.78, 5) is 15.3. The Hall–Kier alpha value is -6.63. The smallest absolute Gasteiger partial charge is 0.167 e. The van der Waals surface area contributed by atoms with Crippen molar-refractivity contribution >= 4 is 75.4 Å². The van der Waals surface area contributed by atoms with Gasteiger partial charge >= 0.3 is 0 Å². The van der Waals surface area contributed by atoms with Crippen LogP contribution in [0.15, 0.2) is 160 Å². The second kappa shape index (κ2) is 10.9. The Morgan fingerprint density at radius 1 is 0.373 bits per heavy atom. The zero-order chi connectivity index (χ0) is 33.5. The number of fused-ring (bicyclic) bond motifs is 9. The van der Waals surface area contributed by atoms with Crippen molar-refractivity contribution in [1.29, 1.82) is 0 Å². The minimum Gasteiger partial charge on any atom is -0.456 e. The number of furan rings is 2. The van der Waals surface area contributed by atoms with Gasteiger partial charge in [-0.2, -0.15) is 0 Å². The van der Waals surface area contributed by atoms with Crippen molar-refractivity contribution in [3.05, 3.63) is 152 Å². The van der Waals surface area contributed by atoms with E-state index in [0.717, 1.165) is 66.1 Å². The number of benzene rings is 7. The van der Waals surface area contributed by atoms with Gasteiger partial charge in [-0.15, -0.1) is 11.3 Å². The highest BCUT2D eigenvalue weighted by Crippen LogP contribution is 2.46. The van der Waals surface area contributed by atoms with Gasteiger partial charge in [-0.3, -0.25) is 0 Å². The molecule has 0 spiro atoms. The quantitative estimate of drug-likeness (QED) is 0.186. The molecule has 5 nitrogen and oxygen atoms in total. The van der Waals surface area contributed by atoms with Gasteiger partial charge in [0.05, 0.1) is 5.56 Å². The maximum absolute atomic E-state index is 6.76. The average molecular weight is 672 g/mol. The van der Waals surface area contributed by atoms with Crippen molar-refractivity contribution in [2.75, 3.05) is 0 Å². The summed E-state index contributed by atoms with van der Waals surface area (Å²) in [6.07, 6.45) is 0. The highest BCUT2D eigenvalue weighted by molar-refractivity contribution is 7.25. The Morgan fingerprint density at radius 3 is 1.86 bits per heavy atom. The largest absolute Gasteiger partial charge is 0.456 e. The van der Waals surface area contributed by atoms with E-state index in [9.17, 15) is 0 Å². The molecule has 0 amide bonds. The maximum Gasteiger partial charge on any atom is 0.167 e. The molecule has 0 aliphatic carbocycles. The van der Waals surface area contributed by atoms with Gasteiger partial charge in [0, 0.05) is 52.8 Å². The Labute approximate surface area is 295 Å². The number of thiophene rings is 1. The third-order valence-corrected chi connectivity index (χ3v) is 10.9. The molecular weight excluding hydrogens is 647 g/mol. The molecule has 11 aromatic rings. The van der Waals surface area contributed by atoms with Crippen molar-refractivity contribution in [2.45, 2.75) is 0 Å². The van der Waals surface area contributed by atoms with E-state index in [1.807, 2.05) is 84.1 Å². The van der Waals surface area contributed by atoms with Crippen molar-refractivity contribution < 1.29 is 8.83 Å². The molecule has 11 rings (SSSR count). The van der Waals surface area contributed by atoms with E-state index < -0.39 is 0 Å². The SMILES string of the molecule is c1ccc(-c2nc(-c3ccc4oc5ccccc5c4c3)nc(-c3ccc(-c4cccc5sc6ccccc6c45)c4c3oc3ccccc34)n2)cc1. The fourth-order valence-corrected chi connectivity index (χ4v) is 8.57. The lowest BCUT2D eigenvalue weighted by atomic mass is 9.94. The van der Waals surface area contributed by atoms with Crippen LogP contribution in [-0.2, 0) is 0 Å². The Kier molecular flexibility index (Phi) is 6.05. The average Bonchev–Trinajstić information content (AvgIpc) is 3.89. The van der Waals surface area contributed by atoms with Crippen molar-refractivity contribution in [3.8, 4) is 45.3 Å². The molecule has 0 aliphatic rings. The highest BCUT2D eigenvalue weighted by atomic mass is 32.1. The molecule has 0 saturated heterocycles. The van der Waals surface area contributed by atoms with Crippen molar-refractivity contribution in [1.82, 2.24) is 15.0 Å². The second-order valence-electron chi connectivity index (χ2n) is 12.7. The van der Waals surface area contributed by atoms with Gasteiger partial charge in [0.1, 0.15) is 22.3 Å². The maximum atomic E-state index is 6.76. The van der Waals surface area contributed by atoms with Gasteiger partial charge in [-0.25, -0.2) is 15.0 Å². The van der Waals surface area contributed by atoms with E-state index in [1.54, 1.807) is 0 Å². The molecule has 0 fully saturated rings. The molecule has 0 aliphatic heterocycles. The summed E-state index contributed by atoms with van der Waals surface area (Å²) >= 11 is 1.83. The number of aromatic nitrogens is 3. The van der Waals surface area contributed by atoms with Crippen LogP contribution in [-0.4, -0.2) is 15.0 Å². The third-order valence-electron chi connectivity index (χ3n) is 9.76. The molecule has 0 radical (unpaired) electrons. The molecule has 4 aromatic heterocycles. The van der Waals surface area contributed by atoms with Gasteiger partial charge in [0.2, 0.25) is 0 Å². The van der Waals surface area contributed by atoms with Gasteiger partial charge in [-0.05, 0) is 59.7 Å². The third kappa shape index (κ3) is 4.37. The van der Waals surface area contributed by atoms with E-state index >= 15 is 0 Å². The topological polar surface area (TPSA) is 65.0 Å². The summed E-state index contributed by atoms with van der Waals surface area (Å²) in [5, 5.41) is 6.69. The predicted molar refractivity (Wildman–Crippen MR) is 209 cm³/mol. The van der Waals surface area contributed by atoms with Crippen LogP contribution in [0.1, 0.15) is 0 Å². The van der Waals surface area contributed by atoms with Gasteiger partial charge in [0.15, 0.2) is 17.5 Å². The number of hydrogen-bond acceptors (Lipinski definition) is 6. The second-order valence-corrected chi connectivity index (χ2v) is 13.8. The van der Waals surface area contributed by atoms with E-state index in [4.69, 9.17) is 23.8 Å². The molecule has 238 valence electrons. The number of hydrogen-bond donors (Lipinski definition) is 0. The molecule has 4 heterocycles. The van der Waals surface area contributed by atoms with Crippen LogP contribution >= 0.6 is 11.3 Å². The first-order valence-electron chi connectivity index (χ1n) is 16.9. The molecule has 7 aromatic carbocycles. The number of rotatable bonds is 4. The van der Waals surface area contributed by atoms with Crippen LogP contribution in [0.5, 0.6) is 0 Å². The molecular formula is C45H25N3O2S. The van der Waals surface area contributed by atoms with Gasteiger partial charge in [-0.1, -0.05) is 103 Å². The van der Waals surface area contributed by atoms with Crippen LogP contribution in [0.3, 0.4) is 0 Å². The standard InChI is InChI=1S/C45H25N3O2S/c1-2-11-26(12-3-1)43-46-44(27-21-24-37-34(25-27)28-13-4-7-17-35(28)49-37)48-45(47-43)33-23-22-30(41-31-14-5-8-18-36(31)50-42(33)41)29-16-10-20-39-40(29)32-15-6-9-19-38(32)51-39/h1-25H. The first-order valence-corrected chi connectivity index (χ1v) is 17.7. The van der Waals surface area contributed by atoms with Crippen LogP contribution < -0.4 is 0 Å². The van der Waals surface area contributed by atoms with Crippen molar-refractivity contribution in [2.24, 2.45) is 0 Å². The summed E-state index contributed by atoms with van der Waals surface area (Å²) in [6.45, 7) is 0. The van der Waals surface area contributed by atoms with Gasteiger partial charge in [0.25, 0.3) is 0 Å². The minimum absolute atomic E-state index is 0.547. The molecule has 0 atom stereocenters. The summed E-state index contributed by atoms with van der Waals surface area (Å²) in [5.74, 6) is 1.72. The first-order chi connectivity index (χ1) is 25.3. The van der Waals surface area contributed by atoms with Crippen LogP contribution in [0.2, 0.25) is 0 Å². The molecule has 6 heteroatoms. The zero-order valence-corrected chi connectivity index (χ0v) is 27.8.